The maximum atomic E-state index is 12.3. The van der Waals surface area contributed by atoms with E-state index in [1.54, 1.807) is 22.8 Å². The van der Waals surface area contributed by atoms with Crippen molar-refractivity contribution in [1.29, 1.82) is 0 Å². The number of fused-ring (bicyclic) bond motifs is 1. The lowest BCUT2D eigenvalue weighted by Gasteiger charge is -2.03. The van der Waals surface area contributed by atoms with Gasteiger partial charge in [-0.05, 0) is 18.2 Å². The van der Waals surface area contributed by atoms with Gasteiger partial charge >= 0.3 is 11.8 Å². The van der Waals surface area contributed by atoms with E-state index < -0.39 is 16.7 Å². The molecule has 128 valence electrons. The number of nitrogens with zero attached hydrogens (tertiary/aromatic N) is 3. The van der Waals surface area contributed by atoms with Crippen LogP contribution in [-0.2, 0) is 6.54 Å². The van der Waals surface area contributed by atoms with E-state index in [0.717, 1.165) is 10.8 Å². The lowest BCUT2D eigenvalue weighted by molar-refractivity contribution is -0.402. The average Bonchev–Trinajstić information content (AvgIpc) is 3.13. The molecule has 0 unspecified atom stereocenters. The van der Waals surface area contributed by atoms with Crippen molar-refractivity contribution >= 4 is 56.5 Å². The smallest absolute Gasteiger partial charge is 0.395 e. The molecule has 3 aromatic rings. The van der Waals surface area contributed by atoms with Crippen molar-refractivity contribution in [2.45, 2.75) is 6.54 Å². The Balaban J connectivity index is 2.15. The van der Waals surface area contributed by atoms with E-state index in [2.05, 4.69) is 11.6 Å². The Morgan fingerprint density at radius 2 is 2.20 bits per heavy atom. The Labute approximate surface area is 154 Å². The van der Waals surface area contributed by atoms with Crippen LogP contribution in [0.5, 0.6) is 0 Å². The molecule has 0 bridgehead atoms. The number of rotatable bonds is 4. The van der Waals surface area contributed by atoms with Crippen molar-refractivity contribution in [3.05, 3.63) is 67.6 Å². The van der Waals surface area contributed by atoms with E-state index >= 15 is 0 Å². The number of hydrogen-bond donors (Lipinski definition) is 0. The molecule has 2 aromatic heterocycles. The normalized spacial score (nSPS) is 11.8. The summed E-state index contributed by atoms with van der Waals surface area (Å²) in [6.07, 6.45) is 1.64. The number of carbonyl (C=O) groups excluding carboxylic acids is 1. The Bertz CT molecular complexity index is 1080. The van der Waals surface area contributed by atoms with Gasteiger partial charge in [-0.3, -0.25) is 14.9 Å². The summed E-state index contributed by atoms with van der Waals surface area (Å²) in [6.45, 7) is 4.05. The maximum Gasteiger partial charge on any atom is 0.433 e. The highest BCUT2D eigenvalue weighted by Crippen LogP contribution is 2.29. The van der Waals surface area contributed by atoms with Crippen LogP contribution >= 0.6 is 34.5 Å². The molecular weight excluding hydrogens is 389 g/mol. The fraction of sp³-hybridized carbons (Fsp3) is 0.0667. The number of benzene rings is 1. The van der Waals surface area contributed by atoms with Gasteiger partial charge < -0.3 is 8.98 Å². The van der Waals surface area contributed by atoms with Gasteiger partial charge in [-0.15, -0.1) is 6.58 Å². The molecule has 1 amide bonds. The van der Waals surface area contributed by atoms with Crippen LogP contribution in [0.4, 0.5) is 5.88 Å². The molecule has 0 spiro atoms. The number of amides is 1. The topological polar surface area (TPSA) is 90.6 Å². The van der Waals surface area contributed by atoms with Crippen molar-refractivity contribution in [2.75, 3.05) is 0 Å². The largest absolute Gasteiger partial charge is 0.433 e. The molecule has 0 saturated carbocycles. The van der Waals surface area contributed by atoms with Gasteiger partial charge in [0.2, 0.25) is 5.76 Å². The zero-order valence-electron chi connectivity index (χ0n) is 12.4. The predicted molar refractivity (Wildman–Crippen MR) is 95.3 cm³/mol. The van der Waals surface area contributed by atoms with E-state index in [0.29, 0.717) is 26.9 Å². The lowest BCUT2D eigenvalue weighted by atomic mass is 10.3. The zero-order valence-corrected chi connectivity index (χ0v) is 14.8. The second-order valence-corrected chi connectivity index (χ2v) is 6.68. The maximum absolute atomic E-state index is 12.3. The van der Waals surface area contributed by atoms with Gasteiger partial charge in [-0.1, -0.05) is 40.6 Å². The molecule has 0 aliphatic rings. The SMILES string of the molecule is C=CCn1c(=NC(=O)c2ccc([N+](=O)[O-])o2)sc2cc(Cl)cc(Cl)c21. The van der Waals surface area contributed by atoms with Crippen molar-refractivity contribution in [2.24, 2.45) is 4.99 Å². The Morgan fingerprint density at radius 3 is 2.84 bits per heavy atom. The number of thiazole rings is 1. The van der Waals surface area contributed by atoms with Crippen LogP contribution in [0.2, 0.25) is 10.0 Å². The third kappa shape index (κ3) is 3.37. The molecule has 0 radical (unpaired) electrons. The van der Waals surface area contributed by atoms with E-state index in [4.69, 9.17) is 27.6 Å². The summed E-state index contributed by atoms with van der Waals surface area (Å²) < 4.78 is 7.34. The Hall–Kier alpha value is -2.42. The molecule has 0 aliphatic carbocycles. The van der Waals surface area contributed by atoms with Gasteiger partial charge in [0.05, 0.1) is 21.3 Å². The predicted octanol–water partition coefficient (Wildman–Crippen LogP) is 4.44. The third-order valence-corrected chi connectivity index (χ3v) is 4.72. The summed E-state index contributed by atoms with van der Waals surface area (Å²) in [7, 11) is 0. The first-order valence-corrected chi connectivity index (χ1v) is 8.40. The van der Waals surface area contributed by atoms with E-state index in [1.165, 1.54) is 17.4 Å². The third-order valence-electron chi connectivity index (χ3n) is 3.19. The number of halogens is 2. The van der Waals surface area contributed by atoms with E-state index in [1.807, 2.05) is 0 Å². The number of allylic oxidation sites excluding steroid dienone is 1. The van der Waals surface area contributed by atoms with Crippen molar-refractivity contribution in [1.82, 2.24) is 4.57 Å². The molecular formula is C15H9Cl2N3O4S. The van der Waals surface area contributed by atoms with Crippen molar-refractivity contribution < 1.29 is 14.1 Å². The first kappa shape index (κ1) is 17.4. The molecule has 1 aromatic carbocycles. The molecule has 25 heavy (non-hydrogen) atoms. The summed E-state index contributed by atoms with van der Waals surface area (Å²) in [5.41, 5.74) is 0.674. The van der Waals surface area contributed by atoms with Gasteiger partial charge in [0.25, 0.3) is 0 Å². The van der Waals surface area contributed by atoms with Crippen molar-refractivity contribution in [3.8, 4) is 0 Å². The summed E-state index contributed by atoms with van der Waals surface area (Å²) in [6, 6.07) is 5.62. The van der Waals surface area contributed by atoms with Crippen LogP contribution in [0.1, 0.15) is 10.6 Å². The second kappa shape index (κ2) is 6.83. The first-order valence-electron chi connectivity index (χ1n) is 6.83. The minimum atomic E-state index is -0.736. The average molecular weight is 398 g/mol. The highest BCUT2D eigenvalue weighted by atomic mass is 35.5. The quantitative estimate of drug-likeness (QED) is 0.369. The number of hydrogen-bond acceptors (Lipinski definition) is 5. The van der Waals surface area contributed by atoms with Crippen LogP contribution in [0.25, 0.3) is 10.2 Å². The molecule has 0 aliphatic heterocycles. The number of aromatic nitrogens is 1. The molecule has 2 heterocycles. The van der Waals surface area contributed by atoms with Crippen LogP contribution in [0.3, 0.4) is 0 Å². The lowest BCUT2D eigenvalue weighted by Crippen LogP contribution is -2.16. The summed E-state index contributed by atoms with van der Waals surface area (Å²) in [5, 5.41) is 11.5. The van der Waals surface area contributed by atoms with Crippen LogP contribution < -0.4 is 4.80 Å². The fourth-order valence-corrected chi connectivity index (χ4v) is 4.02. The van der Waals surface area contributed by atoms with Crippen LogP contribution in [0.15, 0.2) is 46.3 Å². The van der Waals surface area contributed by atoms with Crippen LogP contribution in [-0.4, -0.2) is 15.4 Å². The molecule has 0 fully saturated rings. The highest BCUT2D eigenvalue weighted by Gasteiger charge is 2.18. The minimum absolute atomic E-state index is 0.224. The van der Waals surface area contributed by atoms with Crippen LogP contribution in [0, 0.1) is 10.1 Å². The van der Waals surface area contributed by atoms with Gasteiger partial charge in [0.15, 0.2) is 4.80 Å². The Kier molecular flexibility index (Phi) is 4.76. The zero-order chi connectivity index (χ0) is 18.1. The molecule has 0 saturated heterocycles. The monoisotopic (exact) mass is 397 g/mol. The number of furan rings is 1. The van der Waals surface area contributed by atoms with Gasteiger partial charge in [-0.2, -0.15) is 4.99 Å². The molecule has 0 atom stereocenters. The summed E-state index contributed by atoms with van der Waals surface area (Å²) in [4.78, 5) is 26.5. The molecule has 3 rings (SSSR count). The highest BCUT2D eigenvalue weighted by molar-refractivity contribution is 7.16. The van der Waals surface area contributed by atoms with Gasteiger partial charge in [-0.25, -0.2) is 0 Å². The fourth-order valence-electron chi connectivity index (χ4n) is 2.20. The number of nitro groups is 1. The first-order chi connectivity index (χ1) is 11.9. The second-order valence-electron chi connectivity index (χ2n) is 4.83. The van der Waals surface area contributed by atoms with E-state index in [-0.39, 0.29) is 5.76 Å². The Morgan fingerprint density at radius 1 is 1.44 bits per heavy atom. The summed E-state index contributed by atoms with van der Waals surface area (Å²) >= 11 is 13.5. The van der Waals surface area contributed by atoms with E-state index in [9.17, 15) is 14.9 Å². The molecule has 10 heteroatoms. The molecule has 0 N–H and O–H groups in total. The molecule has 7 nitrogen and oxygen atoms in total. The van der Waals surface area contributed by atoms with Gasteiger partial charge in [0.1, 0.15) is 4.92 Å². The number of carbonyl (C=O) groups is 1. The van der Waals surface area contributed by atoms with Gasteiger partial charge in [0, 0.05) is 11.6 Å². The summed E-state index contributed by atoms with van der Waals surface area (Å²) in [5.74, 6) is -1.48. The standard InChI is InChI=1S/C15H9Cl2N3O4S/c1-2-5-19-13-9(17)6-8(16)7-11(13)25-15(19)18-14(21)10-3-4-12(24-10)20(22)23/h2-4,6-7H,1,5H2. The minimum Gasteiger partial charge on any atom is -0.395 e. The van der Waals surface area contributed by atoms with Crippen molar-refractivity contribution in [3.63, 3.8) is 0 Å².